The van der Waals surface area contributed by atoms with Gasteiger partial charge in [-0.15, -0.1) is 0 Å². The maximum atomic E-state index is 13.1. The average Bonchev–Trinajstić information content (AvgIpc) is 2.40. The van der Waals surface area contributed by atoms with Crippen LogP contribution in [0.3, 0.4) is 0 Å². The zero-order chi connectivity index (χ0) is 17.2. The number of nitrogens with zero attached hydrogens (tertiary/aromatic N) is 1. The van der Waals surface area contributed by atoms with Crippen molar-refractivity contribution in [1.29, 1.82) is 0 Å². The molecule has 0 aliphatic heterocycles. The van der Waals surface area contributed by atoms with Gasteiger partial charge in [-0.3, -0.25) is 4.99 Å². The van der Waals surface area contributed by atoms with Crippen molar-refractivity contribution in [2.24, 2.45) is 4.99 Å². The van der Waals surface area contributed by atoms with Crippen molar-refractivity contribution in [1.82, 2.24) is 0 Å². The van der Waals surface area contributed by atoms with Crippen LogP contribution in [-0.2, 0) is 0 Å². The molecule has 1 aromatic carbocycles. The topological polar surface area (TPSA) is 32.6 Å². The van der Waals surface area contributed by atoms with E-state index in [0.717, 1.165) is 12.1 Å². The van der Waals surface area contributed by atoms with Crippen LogP contribution in [-0.4, -0.2) is 42.1 Å². The highest BCUT2D eigenvalue weighted by Crippen LogP contribution is 2.48. The van der Waals surface area contributed by atoms with Crippen LogP contribution in [0.4, 0.5) is 35.1 Å². The lowest BCUT2D eigenvalue weighted by molar-refractivity contribution is -0.335. The van der Waals surface area contributed by atoms with Crippen molar-refractivity contribution in [3.05, 3.63) is 29.8 Å². The highest BCUT2D eigenvalue weighted by atomic mass is 19.4. The number of aliphatic imine (C=N–C) groups is 1. The minimum Gasteiger partial charge on any atom is -0.508 e. The van der Waals surface area contributed by atoms with Gasteiger partial charge in [-0.05, 0) is 29.8 Å². The number of benzene rings is 1. The molecule has 0 aliphatic carbocycles. The quantitative estimate of drug-likeness (QED) is 0.619. The molecule has 1 N–H and O–H groups in total. The van der Waals surface area contributed by atoms with E-state index in [4.69, 9.17) is 5.11 Å². The Hall–Kier alpha value is -1.87. The van der Waals surface area contributed by atoms with Gasteiger partial charge in [-0.2, -0.15) is 26.3 Å². The molecular formula is C12H9F8NO. The lowest BCUT2D eigenvalue weighted by Gasteiger charge is -2.31. The third-order valence-electron chi connectivity index (χ3n) is 2.58. The Morgan fingerprint density at radius 3 is 1.95 bits per heavy atom. The average molecular weight is 335 g/mol. The molecule has 22 heavy (non-hydrogen) atoms. The molecule has 0 spiro atoms. The maximum Gasteiger partial charge on any atom is 0.379 e. The third-order valence-corrected chi connectivity index (χ3v) is 2.58. The molecule has 0 saturated heterocycles. The summed E-state index contributed by atoms with van der Waals surface area (Å²) >= 11 is 0. The number of hydrogen-bond acceptors (Lipinski definition) is 2. The first-order valence-electron chi connectivity index (χ1n) is 5.62. The van der Waals surface area contributed by atoms with Crippen LogP contribution in [0.25, 0.3) is 0 Å². The number of rotatable bonds is 6. The third kappa shape index (κ3) is 3.47. The first-order chi connectivity index (χ1) is 9.92. The summed E-state index contributed by atoms with van der Waals surface area (Å²) in [5.41, 5.74) is 0.109. The van der Waals surface area contributed by atoms with E-state index < -0.39 is 30.7 Å². The van der Waals surface area contributed by atoms with E-state index in [1.165, 1.54) is 12.1 Å². The molecule has 0 heterocycles. The summed E-state index contributed by atoms with van der Waals surface area (Å²) < 4.78 is 101. The van der Waals surface area contributed by atoms with Crippen molar-refractivity contribution in [2.75, 3.05) is 6.54 Å². The molecule has 1 aromatic rings. The van der Waals surface area contributed by atoms with Crippen LogP contribution < -0.4 is 0 Å². The monoisotopic (exact) mass is 335 g/mol. The van der Waals surface area contributed by atoms with Crippen molar-refractivity contribution in [2.45, 2.75) is 24.2 Å². The number of aromatic hydroxyl groups is 1. The fourth-order valence-electron chi connectivity index (χ4n) is 1.31. The minimum atomic E-state index is -6.26. The Morgan fingerprint density at radius 1 is 1.00 bits per heavy atom. The van der Waals surface area contributed by atoms with Gasteiger partial charge in [0, 0.05) is 6.21 Å². The van der Waals surface area contributed by atoms with Gasteiger partial charge < -0.3 is 5.11 Å². The fraction of sp³-hybridized carbons (Fsp3) is 0.417. The second kappa shape index (κ2) is 6.09. The predicted molar refractivity (Wildman–Crippen MR) is 61.4 cm³/mol. The summed E-state index contributed by atoms with van der Waals surface area (Å²) in [5.74, 6) is -18.1. The molecule has 2 nitrogen and oxygen atoms in total. The van der Waals surface area contributed by atoms with E-state index in [2.05, 4.69) is 4.99 Å². The summed E-state index contributed by atoms with van der Waals surface area (Å²) in [5, 5.41) is 8.94. The van der Waals surface area contributed by atoms with Gasteiger partial charge in [0.1, 0.15) is 12.3 Å². The Kier molecular flexibility index (Phi) is 5.03. The predicted octanol–water partition coefficient (Wildman–Crippen LogP) is 3.98. The SMILES string of the molecule is Oc1ccc(C=NCC(F)(F)C(F)(F)C(F)(F)C(F)F)cc1. The Labute approximate surface area is 119 Å². The van der Waals surface area contributed by atoms with E-state index in [-0.39, 0.29) is 11.3 Å². The van der Waals surface area contributed by atoms with Crippen molar-refractivity contribution >= 4 is 6.21 Å². The lowest BCUT2D eigenvalue weighted by atomic mass is 10.1. The maximum absolute atomic E-state index is 13.1. The van der Waals surface area contributed by atoms with Crippen molar-refractivity contribution < 1.29 is 40.2 Å². The molecule has 0 saturated carbocycles. The van der Waals surface area contributed by atoms with Crippen LogP contribution in [0.2, 0.25) is 0 Å². The zero-order valence-corrected chi connectivity index (χ0v) is 10.6. The molecule has 0 unspecified atom stereocenters. The van der Waals surface area contributed by atoms with Gasteiger partial charge >= 0.3 is 24.2 Å². The Morgan fingerprint density at radius 2 is 1.50 bits per heavy atom. The largest absolute Gasteiger partial charge is 0.508 e. The number of phenols is 1. The second-order valence-electron chi connectivity index (χ2n) is 4.26. The van der Waals surface area contributed by atoms with Gasteiger partial charge in [0.15, 0.2) is 0 Å². The zero-order valence-electron chi connectivity index (χ0n) is 10.6. The van der Waals surface area contributed by atoms with Crippen LogP contribution in [0.1, 0.15) is 5.56 Å². The van der Waals surface area contributed by atoms with E-state index in [1.54, 1.807) is 0 Å². The standard InChI is InChI=1S/C12H9F8NO/c13-9(14)11(17,18)12(19,20)10(15,16)6-21-5-7-1-3-8(22)4-2-7/h1-5,9,22H,6H2. The van der Waals surface area contributed by atoms with E-state index >= 15 is 0 Å². The van der Waals surface area contributed by atoms with E-state index in [0.29, 0.717) is 6.21 Å². The highest BCUT2D eigenvalue weighted by Gasteiger charge is 2.75. The molecular weight excluding hydrogens is 326 g/mol. The van der Waals surface area contributed by atoms with Gasteiger partial charge in [-0.1, -0.05) is 0 Å². The molecule has 124 valence electrons. The summed E-state index contributed by atoms with van der Waals surface area (Å²) in [4.78, 5) is 2.87. The van der Waals surface area contributed by atoms with E-state index in [9.17, 15) is 35.1 Å². The van der Waals surface area contributed by atoms with E-state index in [1.807, 2.05) is 0 Å². The smallest absolute Gasteiger partial charge is 0.379 e. The molecule has 0 fully saturated rings. The summed E-state index contributed by atoms with van der Waals surface area (Å²) in [6.45, 7) is -2.11. The van der Waals surface area contributed by atoms with Crippen molar-refractivity contribution in [3.63, 3.8) is 0 Å². The summed E-state index contributed by atoms with van der Waals surface area (Å²) in [6, 6.07) is 4.64. The number of hydrogen-bond donors (Lipinski definition) is 1. The number of alkyl halides is 8. The molecule has 1 rings (SSSR count). The minimum absolute atomic E-state index is 0.109. The lowest BCUT2D eigenvalue weighted by Crippen LogP contribution is -2.58. The highest BCUT2D eigenvalue weighted by molar-refractivity contribution is 5.79. The van der Waals surface area contributed by atoms with Gasteiger partial charge in [0.2, 0.25) is 0 Å². The fourth-order valence-corrected chi connectivity index (χ4v) is 1.31. The summed E-state index contributed by atoms with van der Waals surface area (Å²) in [6.07, 6.45) is -4.29. The molecule has 0 atom stereocenters. The van der Waals surface area contributed by atoms with Crippen LogP contribution >= 0.6 is 0 Å². The Balaban J connectivity index is 2.88. The van der Waals surface area contributed by atoms with Crippen LogP contribution in [0.15, 0.2) is 29.3 Å². The first kappa shape index (κ1) is 18.2. The molecule has 0 bridgehead atoms. The van der Waals surface area contributed by atoms with Gasteiger partial charge in [0.05, 0.1) is 0 Å². The molecule has 0 radical (unpaired) electrons. The first-order valence-corrected chi connectivity index (χ1v) is 5.62. The normalized spacial score (nSPS) is 14.0. The molecule has 0 aliphatic rings. The number of phenolic OH excluding ortho intramolecular Hbond substituents is 1. The van der Waals surface area contributed by atoms with Gasteiger partial charge in [-0.25, -0.2) is 8.78 Å². The molecule has 0 amide bonds. The van der Waals surface area contributed by atoms with Crippen LogP contribution in [0.5, 0.6) is 5.75 Å². The van der Waals surface area contributed by atoms with Crippen LogP contribution in [0, 0.1) is 0 Å². The molecule has 10 heteroatoms. The Bertz CT molecular complexity index is 526. The summed E-state index contributed by atoms with van der Waals surface area (Å²) in [7, 11) is 0. The second-order valence-corrected chi connectivity index (χ2v) is 4.26. The molecule has 0 aromatic heterocycles. The number of halogens is 8. The van der Waals surface area contributed by atoms with Crippen molar-refractivity contribution in [3.8, 4) is 5.75 Å². The van der Waals surface area contributed by atoms with Gasteiger partial charge in [0.25, 0.3) is 0 Å².